The summed E-state index contributed by atoms with van der Waals surface area (Å²) in [6.45, 7) is 3.22. The second kappa shape index (κ2) is 5.51. The molecule has 0 saturated carbocycles. The number of nitrogens with one attached hydrogen (secondary N) is 1. The summed E-state index contributed by atoms with van der Waals surface area (Å²) < 4.78 is 0. The standard InChI is InChI=1S/C9H20N2O/c10-4-1-9(7-12)8-2-5-11-6-3-8/h8-9,11-12H,1-7,10H2. The van der Waals surface area contributed by atoms with Gasteiger partial charge in [-0.3, -0.25) is 0 Å². The minimum atomic E-state index is 0.307. The molecule has 1 saturated heterocycles. The molecule has 0 aromatic rings. The van der Waals surface area contributed by atoms with Gasteiger partial charge in [-0.15, -0.1) is 0 Å². The zero-order chi connectivity index (χ0) is 8.81. The maximum atomic E-state index is 9.13. The van der Waals surface area contributed by atoms with E-state index in [0.29, 0.717) is 25.0 Å². The summed E-state index contributed by atoms with van der Waals surface area (Å²) in [4.78, 5) is 0. The fourth-order valence-electron chi connectivity index (χ4n) is 2.01. The lowest BCUT2D eigenvalue weighted by molar-refractivity contribution is 0.146. The van der Waals surface area contributed by atoms with Crippen LogP contribution >= 0.6 is 0 Å². The van der Waals surface area contributed by atoms with Gasteiger partial charge in [0.25, 0.3) is 0 Å². The second-order valence-corrected chi connectivity index (χ2v) is 3.61. The van der Waals surface area contributed by atoms with Gasteiger partial charge < -0.3 is 16.2 Å². The van der Waals surface area contributed by atoms with E-state index in [2.05, 4.69) is 5.32 Å². The SMILES string of the molecule is NCCC(CO)C1CCNCC1. The summed E-state index contributed by atoms with van der Waals surface area (Å²) >= 11 is 0. The van der Waals surface area contributed by atoms with E-state index in [4.69, 9.17) is 10.8 Å². The average Bonchev–Trinajstić information content (AvgIpc) is 2.15. The summed E-state index contributed by atoms with van der Waals surface area (Å²) in [5.74, 6) is 1.14. The van der Waals surface area contributed by atoms with E-state index in [-0.39, 0.29) is 0 Å². The first-order valence-corrected chi connectivity index (χ1v) is 4.90. The van der Waals surface area contributed by atoms with E-state index < -0.39 is 0 Å². The number of hydrogen-bond donors (Lipinski definition) is 3. The van der Waals surface area contributed by atoms with Crippen LogP contribution in [0.1, 0.15) is 19.3 Å². The van der Waals surface area contributed by atoms with Gasteiger partial charge in [0.1, 0.15) is 0 Å². The molecule has 0 aromatic carbocycles. The van der Waals surface area contributed by atoms with Crippen LogP contribution in [0.2, 0.25) is 0 Å². The lowest BCUT2D eigenvalue weighted by Gasteiger charge is -2.29. The van der Waals surface area contributed by atoms with Gasteiger partial charge in [-0.25, -0.2) is 0 Å². The molecule has 3 heteroatoms. The molecule has 1 aliphatic rings. The number of rotatable bonds is 4. The van der Waals surface area contributed by atoms with Gasteiger partial charge in [-0.1, -0.05) is 0 Å². The molecule has 0 bridgehead atoms. The van der Waals surface area contributed by atoms with Crippen molar-refractivity contribution in [2.24, 2.45) is 17.6 Å². The smallest absolute Gasteiger partial charge is 0.0462 e. The molecule has 1 unspecified atom stereocenters. The van der Waals surface area contributed by atoms with E-state index in [1.165, 1.54) is 12.8 Å². The topological polar surface area (TPSA) is 58.3 Å². The van der Waals surface area contributed by atoms with Crippen LogP contribution < -0.4 is 11.1 Å². The highest BCUT2D eigenvalue weighted by molar-refractivity contribution is 4.75. The van der Waals surface area contributed by atoms with Crippen LogP contribution in [0.5, 0.6) is 0 Å². The van der Waals surface area contributed by atoms with Crippen molar-refractivity contribution in [1.29, 1.82) is 0 Å². The predicted octanol–water partition coefficient (Wildman–Crippen LogP) is -0.0567. The first-order chi connectivity index (χ1) is 5.88. The monoisotopic (exact) mass is 172 g/mol. The lowest BCUT2D eigenvalue weighted by Crippen LogP contribution is -2.33. The third-order valence-corrected chi connectivity index (χ3v) is 2.82. The second-order valence-electron chi connectivity index (χ2n) is 3.61. The zero-order valence-corrected chi connectivity index (χ0v) is 7.63. The molecule has 0 aliphatic carbocycles. The van der Waals surface area contributed by atoms with Crippen molar-refractivity contribution in [3.05, 3.63) is 0 Å². The Morgan fingerprint density at radius 1 is 1.42 bits per heavy atom. The Labute approximate surface area is 74.3 Å². The van der Waals surface area contributed by atoms with E-state index >= 15 is 0 Å². The summed E-state index contributed by atoms with van der Waals surface area (Å²) in [6.07, 6.45) is 3.37. The van der Waals surface area contributed by atoms with Crippen LogP contribution in [0.15, 0.2) is 0 Å². The van der Waals surface area contributed by atoms with E-state index in [0.717, 1.165) is 19.5 Å². The lowest BCUT2D eigenvalue weighted by atomic mass is 9.83. The first-order valence-electron chi connectivity index (χ1n) is 4.90. The van der Waals surface area contributed by atoms with Gasteiger partial charge in [-0.2, -0.15) is 0 Å². The molecule has 1 heterocycles. The first kappa shape index (κ1) is 9.96. The van der Waals surface area contributed by atoms with E-state index in [9.17, 15) is 0 Å². The highest BCUT2D eigenvalue weighted by Gasteiger charge is 2.21. The Morgan fingerprint density at radius 2 is 2.08 bits per heavy atom. The van der Waals surface area contributed by atoms with Gasteiger partial charge in [0.05, 0.1) is 0 Å². The third-order valence-electron chi connectivity index (χ3n) is 2.82. The number of hydrogen-bond acceptors (Lipinski definition) is 3. The maximum absolute atomic E-state index is 9.13. The molecule has 4 N–H and O–H groups in total. The van der Waals surface area contributed by atoms with E-state index in [1.807, 2.05) is 0 Å². The highest BCUT2D eigenvalue weighted by Crippen LogP contribution is 2.23. The molecule has 1 atom stereocenters. The molecule has 0 spiro atoms. The van der Waals surface area contributed by atoms with Crippen LogP contribution in [0.4, 0.5) is 0 Å². The zero-order valence-electron chi connectivity index (χ0n) is 7.63. The Balaban J connectivity index is 2.29. The van der Waals surface area contributed by atoms with Crippen molar-refractivity contribution in [2.75, 3.05) is 26.2 Å². The molecule has 0 radical (unpaired) electrons. The van der Waals surface area contributed by atoms with Crippen LogP contribution in [-0.2, 0) is 0 Å². The van der Waals surface area contributed by atoms with Crippen molar-refractivity contribution >= 4 is 0 Å². The van der Waals surface area contributed by atoms with Crippen molar-refractivity contribution in [1.82, 2.24) is 5.32 Å². The predicted molar refractivity (Wildman–Crippen MR) is 49.8 cm³/mol. The molecule has 0 amide bonds. The molecule has 72 valence electrons. The Hall–Kier alpha value is -0.120. The fraction of sp³-hybridized carbons (Fsp3) is 1.00. The van der Waals surface area contributed by atoms with E-state index in [1.54, 1.807) is 0 Å². The van der Waals surface area contributed by atoms with Crippen LogP contribution in [0.25, 0.3) is 0 Å². The third kappa shape index (κ3) is 2.73. The van der Waals surface area contributed by atoms with Gasteiger partial charge in [0.2, 0.25) is 0 Å². The fourth-order valence-corrected chi connectivity index (χ4v) is 2.01. The summed E-state index contributed by atoms with van der Waals surface area (Å²) in [5, 5.41) is 12.5. The molecule has 1 aliphatic heterocycles. The molecule has 0 aromatic heterocycles. The number of piperidine rings is 1. The van der Waals surface area contributed by atoms with Gasteiger partial charge in [0, 0.05) is 6.61 Å². The minimum Gasteiger partial charge on any atom is -0.396 e. The van der Waals surface area contributed by atoms with Crippen molar-refractivity contribution < 1.29 is 5.11 Å². The summed E-state index contributed by atoms with van der Waals surface area (Å²) in [7, 11) is 0. The molecule has 3 nitrogen and oxygen atoms in total. The molecule has 1 rings (SSSR count). The number of aliphatic hydroxyl groups excluding tert-OH is 1. The Kier molecular flexibility index (Phi) is 4.58. The minimum absolute atomic E-state index is 0.307. The quantitative estimate of drug-likeness (QED) is 0.557. The molecular formula is C9H20N2O. The molecule has 12 heavy (non-hydrogen) atoms. The number of nitrogens with two attached hydrogens (primary N) is 1. The van der Waals surface area contributed by atoms with Gasteiger partial charge in [0.15, 0.2) is 0 Å². The Morgan fingerprint density at radius 3 is 2.58 bits per heavy atom. The maximum Gasteiger partial charge on any atom is 0.0462 e. The normalized spacial score (nSPS) is 22.5. The summed E-state index contributed by atoms with van der Waals surface area (Å²) in [5.41, 5.74) is 5.48. The largest absolute Gasteiger partial charge is 0.396 e. The van der Waals surface area contributed by atoms with Crippen molar-refractivity contribution in [2.45, 2.75) is 19.3 Å². The summed E-state index contributed by atoms with van der Waals surface area (Å²) in [6, 6.07) is 0. The number of aliphatic hydroxyl groups is 1. The molecular weight excluding hydrogens is 152 g/mol. The van der Waals surface area contributed by atoms with Crippen LogP contribution in [0.3, 0.4) is 0 Å². The van der Waals surface area contributed by atoms with Crippen molar-refractivity contribution in [3.8, 4) is 0 Å². The Bertz CT molecular complexity index is 110. The van der Waals surface area contributed by atoms with Gasteiger partial charge in [-0.05, 0) is 50.7 Å². The van der Waals surface area contributed by atoms with Crippen LogP contribution in [-0.4, -0.2) is 31.3 Å². The van der Waals surface area contributed by atoms with Crippen LogP contribution in [0, 0.1) is 11.8 Å². The van der Waals surface area contributed by atoms with Crippen molar-refractivity contribution in [3.63, 3.8) is 0 Å². The molecule has 1 fully saturated rings. The van der Waals surface area contributed by atoms with Gasteiger partial charge >= 0.3 is 0 Å². The average molecular weight is 172 g/mol. The highest BCUT2D eigenvalue weighted by atomic mass is 16.3.